The summed E-state index contributed by atoms with van der Waals surface area (Å²) in [5.74, 6) is 0.804. The summed E-state index contributed by atoms with van der Waals surface area (Å²) in [6, 6.07) is 11.8. The number of pyridine rings is 1. The van der Waals surface area contributed by atoms with Crippen LogP contribution in [0.3, 0.4) is 0 Å². The maximum Gasteiger partial charge on any atom is 0.321 e. The second-order valence-corrected chi connectivity index (χ2v) is 11.6. The number of aryl methyl sites for hydroxylation is 1. The van der Waals surface area contributed by atoms with Crippen LogP contribution in [-0.2, 0) is 10.0 Å². The highest BCUT2D eigenvalue weighted by atomic mass is 32.2. The van der Waals surface area contributed by atoms with Gasteiger partial charge in [0.2, 0.25) is 10.0 Å². The van der Waals surface area contributed by atoms with Crippen LogP contribution in [0, 0.1) is 6.92 Å². The first-order chi connectivity index (χ1) is 16.7. The molecule has 4 rings (SSSR count). The highest BCUT2D eigenvalue weighted by molar-refractivity contribution is 7.88. The Labute approximate surface area is 210 Å². The van der Waals surface area contributed by atoms with Gasteiger partial charge in [0, 0.05) is 45.5 Å². The van der Waals surface area contributed by atoms with Crippen molar-refractivity contribution in [3.63, 3.8) is 0 Å². The van der Waals surface area contributed by atoms with Gasteiger partial charge >= 0.3 is 6.03 Å². The van der Waals surface area contributed by atoms with E-state index in [2.05, 4.69) is 51.7 Å². The second-order valence-electron chi connectivity index (χ2n) is 8.65. The van der Waals surface area contributed by atoms with Gasteiger partial charge in [0.05, 0.1) is 6.26 Å². The molecule has 1 fully saturated rings. The SMILES string of the molecule is Cc1ccc(N(C)c2ccc3nc(NC(=O)NCCCN4CCN(S(C)(=O)=O)CC4)sc3n2)cc1. The lowest BCUT2D eigenvalue weighted by Gasteiger charge is -2.33. The van der Waals surface area contributed by atoms with E-state index in [0.29, 0.717) is 37.9 Å². The molecule has 0 atom stereocenters. The molecule has 1 aliphatic heterocycles. The molecule has 0 spiro atoms. The van der Waals surface area contributed by atoms with Gasteiger partial charge in [0.25, 0.3) is 0 Å². The molecule has 0 saturated carbocycles. The summed E-state index contributed by atoms with van der Waals surface area (Å²) in [5.41, 5.74) is 2.98. The number of nitrogens with zero attached hydrogens (tertiary/aromatic N) is 5. The first-order valence-corrected chi connectivity index (χ1v) is 14.2. The number of hydrogen-bond acceptors (Lipinski definition) is 8. The predicted octanol–water partition coefficient (Wildman–Crippen LogP) is 2.86. The molecule has 0 unspecified atom stereocenters. The van der Waals surface area contributed by atoms with Crippen molar-refractivity contribution in [1.82, 2.24) is 24.5 Å². The molecule has 1 saturated heterocycles. The number of amides is 2. The van der Waals surface area contributed by atoms with Crippen molar-refractivity contribution < 1.29 is 13.2 Å². The number of carbonyl (C=O) groups excluding carboxylic acids is 1. The number of sulfonamides is 1. The summed E-state index contributed by atoms with van der Waals surface area (Å²) < 4.78 is 24.7. The van der Waals surface area contributed by atoms with E-state index in [1.165, 1.54) is 27.5 Å². The molecule has 0 bridgehead atoms. The molecule has 10 nitrogen and oxygen atoms in total. The van der Waals surface area contributed by atoms with Gasteiger partial charge in [-0.2, -0.15) is 4.31 Å². The number of thiazole rings is 1. The smallest absolute Gasteiger partial charge is 0.321 e. The number of nitrogens with one attached hydrogen (secondary N) is 2. The zero-order valence-corrected chi connectivity index (χ0v) is 21.8. The van der Waals surface area contributed by atoms with E-state index in [0.717, 1.165) is 34.8 Å². The highest BCUT2D eigenvalue weighted by Gasteiger charge is 2.22. The number of rotatable bonds is 8. The molecule has 188 valence electrons. The summed E-state index contributed by atoms with van der Waals surface area (Å²) >= 11 is 1.34. The average Bonchev–Trinajstić information content (AvgIpc) is 3.23. The minimum absolute atomic E-state index is 0.303. The zero-order valence-electron chi connectivity index (χ0n) is 20.2. The van der Waals surface area contributed by atoms with Crippen LogP contribution in [0.15, 0.2) is 36.4 Å². The summed E-state index contributed by atoms with van der Waals surface area (Å²) in [7, 11) is -1.15. The number of urea groups is 1. The normalized spacial score (nSPS) is 15.3. The third-order valence-electron chi connectivity index (χ3n) is 5.96. The standard InChI is InChI=1S/C23H31N7O3S2/c1-17-5-7-18(8-6-17)28(2)20-10-9-19-21(26-20)34-23(25-19)27-22(31)24-11-4-12-29-13-15-30(16-14-29)35(3,32)33/h5-10H,4,11-16H2,1-3H3,(H2,24,25,27,31). The van der Waals surface area contributed by atoms with Crippen LogP contribution in [0.5, 0.6) is 0 Å². The quantitative estimate of drug-likeness (QED) is 0.442. The summed E-state index contributed by atoms with van der Waals surface area (Å²) in [4.78, 5) is 26.5. The monoisotopic (exact) mass is 517 g/mol. The Kier molecular flexibility index (Phi) is 7.85. The lowest BCUT2D eigenvalue weighted by molar-refractivity contribution is 0.187. The summed E-state index contributed by atoms with van der Waals surface area (Å²) in [6.07, 6.45) is 2.03. The number of aromatic nitrogens is 2. The Balaban J connectivity index is 1.24. The van der Waals surface area contributed by atoms with E-state index >= 15 is 0 Å². The average molecular weight is 518 g/mol. The molecule has 0 radical (unpaired) electrons. The van der Waals surface area contributed by atoms with E-state index in [1.807, 2.05) is 24.1 Å². The van der Waals surface area contributed by atoms with Gasteiger partial charge < -0.3 is 15.1 Å². The Bertz CT molecular complexity index is 1270. The van der Waals surface area contributed by atoms with Crippen molar-refractivity contribution in [3.05, 3.63) is 42.0 Å². The minimum Gasteiger partial charge on any atom is -0.338 e. The van der Waals surface area contributed by atoms with Crippen molar-refractivity contribution in [2.75, 3.05) is 62.8 Å². The lowest BCUT2D eigenvalue weighted by atomic mass is 10.2. The first kappa shape index (κ1) is 25.3. The molecule has 2 amide bonds. The molecule has 2 aromatic heterocycles. The van der Waals surface area contributed by atoms with Crippen molar-refractivity contribution in [3.8, 4) is 0 Å². The van der Waals surface area contributed by atoms with E-state index in [1.54, 1.807) is 0 Å². The van der Waals surface area contributed by atoms with Crippen LogP contribution in [-0.4, -0.2) is 86.2 Å². The van der Waals surface area contributed by atoms with Crippen LogP contribution in [0.1, 0.15) is 12.0 Å². The summed E-state index contributed by atoms with van der Waals surface area (Å²) in [5, 5.41) is 6.15. The van der Waals surface area contributed by atoms with Gasteiger partial charge in [-0.25, -0.2) is 23.2 Å². The Morgan fingerprint density at radius 3 is 2.49 bits per heavy atom. The first-order valence-electron chi connectivity index (χ1n) is 11.5. The van der Waals surface area contributed by atoms with Crippen molar-refractivity contribution in [1.29, 1.82) is 0 Å². The fraction of sp³-hybridized carbons (Fsp3) is 0.435. The minimum atomic E-state index is -3.12. The third kappa shape index (κ3) is 6.66. The van der Waals surface area contributed by atoms with Crippen LogP contribution >= 0.6 is 11.3 Å². The molecule has 1 aromatic carbocycles. The Morgan fingerprint density at radius 2 is 1.80 bits per heavy atom. The number of carbonyl (C=O) groups is 1. The van der Waals surface area contributed by atoms with Gasteiger partial charge in [0.15, 0.2) is 5.13 Å². The predicted molar refractivity (Wildman–Crippen MR) is 141 cm³/mol. The fourth-order valence-electron chi connectivity index (χ4n) is 3.88. The fourth-order valence-corrected chi connectivity index (χ4v) is 5.53. The van der Waals surface area contributed by atoms with Crippen molar-refractivity contribution in [2.24, 2.45) is 0 Å². The van der Waals surface area contributed by atoms with E-state index in [4.69, 9.17) is 4.98 Å². The molecule has 12 heteroatoms. The molecule has 35 heavy (non-hydrogen) atoms. The highest BCUT2D eigenvalue weighted by Crippen LogP contribution is 2.29. The molecule has 3 aromatic rings. The molecule has 3 heterocycles. The third-order valence-corrected chi connectivity index (χ3v) is 8.15. The van der Waals surface area contributed by atoms with Gasteiger partial charge in [0.1, 0.15) is 16.2 Å². The Hall–Kier alpha value is -2.80. The molecular weight excluding hydrogens is 486 g/mol. The number of benzene rings is 1. The van der Waals surface area contributed by atoms with Crippen LogP contribution < -0.4 is 15.5 Å². The maximum atomic E-state index is 12.3. The van der Waals surface area contributed by atoms with E-state index < -0.39 is 10.0 Å². The van der Waals surface area contributed by atoms with E-state index in [-0.39, 0.29) is 6.03 Å². The second kappa shape index (κ2) is 10.9. The van der Waals surface area contributed by atoms with E-state index in [9.17, 15) is 13.2 Å². The number of piperazine rings is 1. The molecule has 0 aliphatic carbocycles. The van der Waals surface area contributed by atoms with Crippen LogP contribution in [0.2, 0.25) is 0 Å². The van der Waals surface area contributed by atoms with Crippen LogP contribution in [0.4, 0.5) is 21.4 Å². The summed E-state index contributed by atoms with van der Waals surface area (Å²) in [6.45, 7) is 5.83. The number of anilines is 3. The van der Waals surface area contributed by atoms with Gasteiger partial charge in [-0.15, -0.1) is 0 Å². The van der Waals surface area contributed by atoms with Crippen LogP contribution in [0.25, 0.3) is 10.3 Å². The maximum absolute atomic E-state index is 12.3. The lowest BCUT2D eigenvalue weighted by Crippen LogP contribution is -2.48. The largest absolute Gasteiger partial charge is 0.338 e. The van der Waals surface area contributed by atoms with Crippen molar-refractivity contribution >= 4 is 54.4 Å². The Morgan fingerprint density at radius 1 is 1.09 bits per heavy atom. The van der Waals surface area contributed by atoms with Gasteiger partial charge in [-0.05, 0) is 44.2 Å². The molecule has 2 N–H and O–H groups in total. The number of fused-ring (bicyclic) bond motifs is 1. The topological polar surface area (TPSA) is 111 Å². The zero-order chi connectivity index (χ0) is 25.0. The molecule has 1 aliphatic rings. The van der Waals surface area contributed by atoms with Gasteiger partial charge in [-0.3, -0.25) is 5.32 Å². The van der Waals surface area contributed by atoms with Crippen molar-refractivity contribution in [2.45, 2.75) is 13.3 Å². The molecular formula is C23H31N7O3S2. The number of hydrogen-bond donors (Lipinski definition) is 2. The van der Waals surface area contributed by atoms with Gasteiger partial charge in [-0.1, -0.05) is 29.0 Å².